The molecule has 1 aromatic rings. The van der Waals surface area contributed by atoms with Crippen LogP contribution in [0.1, 0.15) is 24.4 Å². The molecule has 0 bridgehead atoms. The molecule has 1 aromatic carbocycles. The van der Waals surface area contributed by atoms with Gasteiger partial charge >= 0.3 is 0 Å². The lowest BCUT2D eigenvalue weighted by molar-refractivity contribution is 0.122. The van der Waals surface area contributed by atoms with Crippen LogP contribution in [0.3, 0.4) is 0 Å². The number of benzene rings is 1. The van der Waals surface area contributed by atoms with E-state index in [1.807, 2.05) is 0 Å². The van der Waals surface area contributed by atoms with Crippen molar-refractivity contribution < 1.29 is 4.74 Å². The fraction of sp³-hybridized carbons (Fsp3) is 0.571. The van der Waals surface area contributed by atoms with Crippen molar-refractivity contribution in [2.45, 2.75) is 18.9 Å². The highest BCUT2D eigenvalue weighted by molar-refractivity contribution is 5.48. The fourth-order valence-corrected chi connectivity index (χ4v) is 2.71. The van der Waals surface area contributed by atoms with Crippen LogP contribution >= 0.6 is 0 Å². The van der Waals surface area contributed by atoms with Crippen molar-refractivity contribution in [1.82, 2.24) is 5.32 Å². The molecule has 1 atom stereocenters. The summed E-state index contributed by atoms with van der Waals surface area (Å²) in [7, 11) is 0. The quantitative estimate of drug-likeness (QED) is 0.843. The zero-order chi connectivity index (χ0) is 11.5. The third kappa shape index (κ3) is 2.45. The molecular formula is C14H20N2O. The van der Waals surface area contributed by atoms with Crippen molar-refractivity contribution >= 4 is 5.69 Å². The summed E-state index contributed by atoms with van der Waals surface area (Å²) in [6, 6.07) is 9.62. The number of hydrogen-bond donors (Lipinski definition) is 1. The first-order valence-electron chi connectivity index (χ1n) is 6.59. The molecule has 17 heavy (non-hydrogen) atoms. The van der Waals surface area contributed by atoms with Crippen molar-refractivity contribution in [1.29, 1.82) is 0 Å². The zero-order valence-electron chi connectivity index (χ0n) is 10.2. The van der Waals surface area contributed by atoms with Gasteiger partial charge in [0, 0.05) is 24.8 Å². The maximum atomic E-state index is 5.37. The maximum absolute atomic E-state index is 5.37. The van der Waals surface area contributed by atoms with Crippen LogP contribution < -0.4 is 10.2 Å². The van der Waals surface area contributed by atoms with Gasteiger partial charge in [-0.3, -0.25) is 0 Å². The third-order valence-corrected chi connectivity index (χ3v) is 3.73. The molecule has 2 aliphatic rings. The molecule has 0 spiro atoms. The van der Waals surface area contributed by atoms with Crippen molar-refractivity contribution in [3.05, 3.63) is 29.8 Å². The highest BCUT2D eigenvalue weighted by Crippen LogP contribution is 2.25. The van der Waals surface area contributed by atoms with E-state index in [0.717, 1.165) is 32.8 Å². The van der Waals surface area contributed by atoms with Gasteiger partial charge in [0.15, 0.2) is 0 Å². The molecule has 0 radical (unpaired) electrons. The van der Waals surface area contributed by atoms with Gasteiger partial charge in [0.25, 0.3) is 0 Å². The molecule has 2 fully saturated rings. The van der Waals surface area contributed by atoms with Gasteiger partial charge in [-0.05, 0) is 37.1 Å². The predicted octanol–water partition coefficient (Wildman–Crippen LogP) is 1.95. The van der Waals surface area contributed by atoms with E-state index in [2.05, 4.69) is 34.5 Å². The molecule has 3 nitrogen and oxygen atoms in total. The molecule has 3 heteroatoms. The van der Waals surface area contributed by atoms with E-state index in [9.17, 15) is 0 Å². The summed E-state index contributed by atoms with van der Waals surface area (Å²) in [5.41, 5.74) is 2.76. The Bertz CT molecular complexity index is 351. The molecule has 2 saturated heterocycles. The third-order valence-electron chi connectivity index (χ3n) is 3.73. The monoisotopic (exact) mass is 232 g/mol. The van der Waals surface area contributed by atoms with Gasteiger partial charge in [-0.15, -0.1) is 0 Å². The topological polar surface area (TPSA) is 24.5 Å². The van der Waals surface area contributed by atoms with E-state index in [1.54, 1.807) is 0 Å². The summed E-state index contributed by atoms with van der Waals surface area (Å²) < 4.78 is 5.37. The Balaban J connectivity index is 1.70. The lowest BCUT2D eigenvalue weighted by Gasteiger charge is -2.29. The van der Waals surface area contributed by atoms with E-state index in [4.69, 9.17) is 4.74 Å². The van der Waals surface area contributed by atoms with Gasteiger partial charge in [-0.1, -0.05) is 12.1 Å². The summed E-state index contributed by atoms with van der Waals surface area (Å²) >= 11 is 0. The second kappa shape index (κ2) is 5.07. The van der Waals surface area contributed by atoms with Crippen molar-refractivity contribution in [2.75, 3.05) is 37.7 Å². The molecule has 2 aliphatic heterocycles. The number of morpholine rings is 1. The molecule has 92 valence electrons. The number of anilines is 1. The summed E-state index contributed by atoms with van der Waals surface area (Å²) in [5, 5.41) is 3.54. The number of rotatable bonds is 2. The SMILES string of the molecule is c1cc(N2CCOCC2)ccc1[C@@H]1CCCN1. The summed E-state index contributed by atoms with van der Waals surface area (Å²) in [6.07, 6.45) is 2.58. The predicted molar refractivity (Wildman–Crippen MR) is 69.5 cm³/mol. The Hall–Kier alpha value is -1.06. The number of ether oxygens (including phenoxy) is 1. The Labute approximate surface area is 103 Å². The minimum absolute atomic E-state index is 0.578. The summed E-state index contributed by atoms with van der Waals surface area (Å²) in [5.74, 6) is 0. The van der Waals surface area contributed by atoms with Gasteiger partial charge in [-0.2, -0.15) is 0 Å². The number of hydrogen-bond acceptors (Lipinski definition) is 3. The summed E-state index contributed by atoms with van der Waals surface area (Å²) in [4.78, 5) is 2.40. The van der Waals surface area contributed by atoms with E-state index < -0.39 is 0 Å². The van der Waals surface area contributed by atoms with Crippen LogP contribution in [0.2, 0.25) is 0 Å². The van der Waals surface area contributed by atoms with Gasteiger partial charge in [-0.25, -0.2) is 0 Å². The van der Waals surface area contributed by atoms with E-state index in [-0.39, 0.29) is 0 Å². The zero-order valence-corrected chi connectivity index (χ0v) is 10.2. The Morgan fingerprint density at radius 3 is 2.53 bits per heavy atom. The molecule has 3 rings (SSSR count). The molecule has 0 amide bonds. The molecule has 0 aliphatic carbocycles. The molecular weight excluding hydrogens is 212 g/mol. The first-order valence-corrected chi connectivity index (χ1v) is 6.59. The highest BCUT2D eigenvalue weighted by atomic mass is 16.5. The average Bonchev–Trinajstić information content (AvgIpc) is 2.94. The molecule has 0 saturated carbocycles. The van der Waals surface area contributed by atoms with Crippen LogP contribution in [0.15, 0.2) is 24.3 Å². The summed E-state index contributed by atoms with van der Waals surface area (Å²) in [6.45, 7) is 4.90. The van der Waals surface area contributed by atoms with Crippen molar-refractivity contribution in [3.8, 4) is 0 Å². The number of nitrogens with one attached hydrogen (secondary N) is 1. The van der Waals surface area contributed by atoms with Crippen LogP contribution in [0.4, 0.5) is 5.69 Å². The normalized spacial score (nSPS) is 25.2. The Kier molecular flexibility index (Phi) is 3.29. The standard InChI is InChI=1S/C14H20N2O/c1-2-14(15-7-1)12-3-5-13(6-4-12)16-8-10-17-11-9-16/h3-6,14-15H,1-2,7-11H2/t14-/m0/s1. The van der Waals surface area contributed by atoms with Gasteiger partial charge in [0.1, 0.15) is 0 Å². The van der Waals surface area contributed by atoms with Crippen LogP contribution in [0.25, 0.3) is 0 Å². The van der Waals surface area contributed by atoms with Gasteiger partial charge in [0.2, 0.25) is 0 Å². The van der Waals surface area contributed by atoms with Crippen LogP contribution in [-0.2, 0) is 4.74 Å². The van der Waals surface area contributed by atoms with E-state index in [0.29, 0.717) is 6.04 Å². The average molecular weight is 232 g/mol. The lowest BCUT2D eigenvalue weighted by Crippen LogP contribution is -2.36. The smallest absolute Gasteiger partial charge is 0.0642 e. The Morgan fingerprint density at radius 2 is 1.88 bits per heavy atom. The van der Waals surface area contributed by atoms with Crippen LogP contribution in [0.5, 0.6) is 0 Å². The first kappa shape index (κ1) is 11.1. The fourth-order valence-electron chi connectivity index (χ4n) is 2.71. The van der Waals surface area contributed by atoms with Gasteiger partial charge in [0.05, 0.1) is 13.2 Å². The maximum Gasteiger partial charge on any atom is 0.0642 e. The largest absolute Gasteiger partial charge is 0.378 e. The number of nitrogens with zero attached hydrogens (tertiary/aromatic N) is 1. The van der Waals surface area contributed by atoms with Crippen molar-refractivity contribution in [2.24, 2.45) is 0 Å². The second-order valence-electron chi connectivity index (χ2n) is 4.84. The van der Waals surface area contributed by atoms with Crippen LogP contribution in [-0.4, -0.2) is 32.8 Å². The van der Waals surface area contributed by atoms with Crippen molar-refractivity contribution in [3.63, 3.8) is 0 Å². The minimum Gasteiger partial charge on any atom is -0.378 e. The second-order valence-corrected chi connectivity index (χ2v) is 4.84. The Morgan fingerprint density at radius 1 is 1.12 bits per heavy atom. The van der Waals surface area contributed by atoms with Gasteiger partial charge < -0.3 is 15.0 Å². The highest BCUT2D eigenvalue weighted by Gasteiger charge is 2.16. The minimum atomic E-state index is 0.578. The molecule has 0 aromatic heterocycles. The molecule has 2 heterocycles. The molecule has 1 N–H and O–H groups in total. The first-order chi connectivity index (χ1) is 8.43. The van der Waals surface area contributed by atoms with Crippen LogP contribution in [0, 0.1) is 0 Å². The van der Waals surface area contributed by atoms with E-state index in [1.165, 1.54) is 24.1 Å². The van der Waals surface area contributed by atoms with E-state index >= 15 is 0 Å². The molecule has 0 unspecified atom stereocenters. The lowest BCUT2D eigenvalue weighted by atomic mass is 10.0.